The van der Waals surface area contributed by atoms with E-state index >= 15 is 0 Å². The number of hydrogen-bond donors (Lipinski definition) is 3. The van der Waals surface area contributed by atoms with Gasteiger partial charge in [0.1, 0.15) is 5.82 Å². The van der Waals surface area contributed by atoms with Gasteiger partial charge in [0, 0.05) is 38.4 Å². The summed E-state index contributed by atoms with van der Waals surface area (Å²) in [5, 5.41) is 10.3. The highest BCUT2D eigenvalue weighted by atomic mass is 16.1. The van der Waals surface area contributed by atoms with E-state index in [2.05, 4.69) is 20.3 Å². The number of nitrogens with zero attached hydrogens (tertiary/aromatic N) is 4. The lowest BCUT2D eigenvalue weighted by Gasteiger charge is -2.05. The predicted octanol–water partition coefficient (Wildman–Crippen LogP) is 0.992. The highest BCUT2D eigenvalue weighted by Crippen LogP contribution is 2.15. The second-order valence-corrected chi connectivity index (χ2v) is 4.87. The van der Waals surface area contributed by atoms with Gasteiger partial charge in [0.05, 0.1) is 5.57 Å². The lowest BCUT2D eigenvalue weighted by atomic mass is 10.3. The van der Waals surface area contributed by atoms with E-state index in [9.17, 15) is 4.79 Å². The van der Waals surface area contributed by atoms with Crippen molar-refractivity contribution in [3.63, 3.8) is 0 Å². The van der Waals surface area contributed by atoms with Crippen molar-refractivity contribution in [3.8, 4) is 0 Å². The third kappa shape index (κ3) is 2.00. The summed E-state index contributed by atoms with van der Waals surface area (Å²) >= 11 is 0. The highest BCUT2D eigenvalue weighted by molar-refractivity contribution is 6.07. The molecule has 0 saturated heterocycles. The van der Waals surface area contributed by atoms with E-state index in [4.69, 9.17) is 5.41 Å². The maximum absolute atomic E-state index is 12.7. The van der Waals surface area contributed by atoms with Gasteiger partial charge in [-0.3, -0.25) is 13.8 Å². The van der Waals surface area contributed by atoms with Crippen LogP contribution in [0.25, 0.3) is 22.5 Å². The molecule has 0 atom stereocenters. The third-order valence-corrected chi connectivity index (χ3v) is 3.41. The Morgan fingerprint density at radius 1 is 1.55 bits per heavy atom. The summed E-state index contributed by atoms with van der Waals surface area (Å²) in [6.45, 7) is 2.60. The molecule has 0 radical (unpaired) electrons. The van der Waals surface area contributed by atoms with Crippen molar-refractivity contribution in [2.24, 2.45) is 0 Å². The fourth-order valence-corrected chi connectivity index (χ4v) is 2.47. The molecule has 0 aromatic carbocycles. The minimum absolute atomic E-state index is 0.150. The van der Waals surface area contributed by atoms with Crippen molar-refractivity contribution < 1.29 is 0 Å². The van der Waals surface area contributed by atoms with Gasteiger partial charge in [-0.2, -0.15) is 0 Å². The SMILES string of the molecule is CCCn1c(=O)c2[nH]c(/C(C=N)=C/NC)nc2n2ccnc12. The molecular weight excluding hydrogens is 282 g/mol. The van der Waals surface area contributed by atoms with Crippen LogP contribution in [0, 0.1) is 5.41 Å². The number of allylic oxidation sites excluding steroid dienone is 1. The van der Waals surface area contributed by atoms with Gasteiger partial charge in [-0.25, -0.2) is 9.97 Å². The van der Waals surface area contributed by atoms with Crippen molar-refractivity contribution >= 4 is 28.7 Å². The molecule has 0 fully saturated rings. The molecule has 0 aliphatic rings. The van der Waals surface area contributed by atoms with E-state index in [1.165, 1.54) is 6.21 Å². The van der Waals surface area contributed by atoms with Gasteiger partial charge in [-0.1, -0.05) is 6.92 Å². The van der Waals surface area contributed by atoms with Crippen LogP contribution in [0.4, 0.5) is 0 Å². The lowest BCUT2D eigenvalue weighted by Crippen LogP contribution is -2.23. The first kappa shape index (κ1) is 14.1. The summed E-state index contributed by atoms with van der Waals surface area (Å²) in [5.74, 6) is 1.05. The van der Waals surface area contributed by atoms with Crippen LogP contribution in [0.1, 0.15) is 19.2 Å². The number of rotatable bonds is 5. The van der Waals surface area contributed by atoms with Crippen LogP contribution in [0.2, 0.25) is 0 Å². The normalized spacial score (nSPS) is 12.2. The molecule has 3 rings (SSSR count). The molecule has 0 unspecified atom stereocenters. The zero-order valence-electron chi connectivity index (χ0n) is 12.4. The Morgan fingerprint density at radius 2 is 2.36 bits per heavy atom. The van der Waals surface area contributed by atoms with E-state index in [0.29, 0.717) is 34.9 Å². The fourth-order valence-electron chi connectivity index (χ4n) is 2.47. The maximum atomic E-state index is 12.7. The quantitative estimate of drug-likeness (QED) is 0.611. The average Bonchev–Trinajstić information content (AvgIpc) is 3.15. The van der Waals surface area contributed by atoms with Gasteiger partial charge in [0.25, 0.3) is 5.56 Å². The van der Waals surface area contributed by atoms with E-state index < -0.39 is 0 Å². The van der Waals surface area contributed by atoms with E-state index in [1.807, 2.05) is 6.92 Å². The number of fused-ring (bicyclic) bond motifs is 3. The summed E-state index contributed by atoms with van der Waals surface area (Å²) in [6.07, 6.45) is 7.10. The van der Waals surface area contributed by atoms with Crippen LogP contribution in [0.5, 0.6) is 0 Å². The van der Waals surface area contributed by atoms with Gasteiger partial charge >= 0.3 is 0 Å². The van der Waals surface area contributed by atoms with Gasteiger partial charge < -0.3 is 15.7 Å². The van der Waals surface area contributed by atoms with Crippen molar-refractivity contribution in [1.82, 2.24) is 29.2 Å². The average molecular weight is 299 g/mol. The molecule has 3 N–H and O–H groups in total. The van der Waals surface area contributed by atoms with Crippen molar-refractivity contribution in [2.45, 2.75) is 19.9 Å². The van der Waals surface area contributed by atoms with Gasteiger partial charge in [0.2, 0.25) is 5.78 Å². The second kappa shape index (κ2) is 5.47. The first-order chi connectivity index (χ1) is 10.7. The molecule has 3 aromatic heterocycles. The number of hydrogen-bond acceptors (Lipinski definition) is 5. The minimum atomic E-state index is -0.150. The Hall–Kier alpha value is -2.90. The Kier molecular flexibility index (Phi) is 3.50. The molecule has 114 valence electrons. The number of nitrogens with one attached hydrogen (secondary N) is 3. The maximum Gasteiger partial charge on any atom is 0.280 e. The van der Waals surface area contributed by atoms with Crippen molar-refractivity contribution in [2.75, 3.05) is 7.05 Å². The summed E-state index contributed by atoms with van der Waals surface area (Å²) in [5.41, 5.74) is 1.35. The third-order valence-electron chi connectivity index (χ3n) is 3.41. The van der Waals surface area contributed by atoms with Gasteiger partial charge in [-0.15, -0.1) is 0 Å². The number of H-pyrrole nitrogens is 1. The lowest BCUT2D eigenvalue weighted by molar-refractivity contribution is 0.663. The summed E-state index contributed by atoms with van der Waals surface area (Å²) in [7, 11) is 1.74. The molecule has 0 aliphatic heterocycles. The summed E-state index contributed by atoms with van der Waals surface area (Å²) < 4.78 is 3.42. The van der Waals surface area contributed by atoms with Crippen molar-refractivity contribution in [3.05, 3.63) is 34.8 Å². The zero-order chi connectivity index (χ0) is 15.7. The minimum Gasteiger partial charge on any atom is -0.393 e. The molecule has 8 nitrogen and oxygen atoms in total. The van der Waals surface area contributed by atoms with Gasteiger partial charge in [-0.05, 0) is 6.42 Å². The first-order valence-corrected chi connectivity index (χ1v) is 7.05. The molecule has 0 amide bonds. The molecule has 3 aromatic rings. The monoisotopic (exact) mass is 299 g/mol. The van der Waals surface area contributed by atoms with Crippen LogP contribution < -0.4 is 10.9 Å². The van der Waals surface area contributed by atoms with Crippen LogP contribution in [0.15, 0.2) is 23.4 Å². The Labute approximate surface area is 126 Å². The Bertz CT molecular complexity index is 928. The number of aryl methyl sites for hydroxylation is 1. The van der Waals surface area contributed by atoms with E-state index in [0.717, 1.165) is 6.42 Å². The number of aromatic nitrogens is 5. The largest absolute Gasteiger partial charge is 0.393 e. The zero-order valence-corrected chi connectivity index (χ0v) is 12.4. The number of aromatic amines is 1. The molecule has 0 saturated carbocycles. The smallest absolute Gasteiger partial charge is 0.280 e. The molecular formula is C14H17N7O. The van der Waals surface area contributed by atoms with Crippen LogP contribution >= 0.6 is 0 Å². The Morgan fingerprint density at radius 3 is 3.05 bits per heavy atom. The van der Waals surface area contributed by atoms with Crippen LogP contribution in [-0.2, 0) is 6.54 Å². The summed E-state index contributed by atoms with van der Waals surface area (Å²) in [6, 6.07) is 0. The highest BCUT2D eigenvalue weighted by Gasteiger charge is 2.16. The van der Waals surface area contributed by atoms with Crippen LogP contribution in [0.3, 0.4) is 0 Å². The summed E-state index contributed by atoms with van der Waals surface area (Å²) in [4.78, 5) is 24.4. The number of imidazole rings is 2. The molecule has 8 heteroatoms. The first-order valence-electron chi connectivity index (χ1n) is 7.05. The van der Waals surface area contributed by atoms with E-state index in [-0.39, 0.29) is 5.56 Å². The van der Waals surface area contributed by atoms with E-state index in [1.54, 1.807) is 34.6 Å². The molecule has 22 heavy (non-hydrogen) atoms. The predicted molar refractivity (Wildman–Crippen MR) is 85.2 cm³/mol. The molecule has 3 heterocycles. The topological polar surface area (TPSA) is 104 Å². The van der Waals surface area contributed by atoms with Gasteiger partial charge in [0.15, 0.2) is 11.2 Å². The molecule has 0 spiro atoms. The van der Waals surface area contributed by atoms with Crippen LogP contribution in [-0.4, -0.2) is 37.2 Å². The van der Waals surface area contributed by atoms with Crippen molar-refractivity contribution in [1.29, 1.82) is 5.41 Å². The standard InChI is InChI=1S/C14H17N7O/c1-3-5-21-13(22)10-12(20-6-4-17-14(20)21)19-11(18-10)9(7-15)8-16-2/h4,6-8,15-16H,3,5H2,1-2H3,(H,18,19)/b9-8+,15-7?. The fraction of sp³-hybridized carbons (Fsp3) is 0.286. The molecule has 0 bridgehead atoms. The molecule has 0 aliphatic carbocycles. The second-order valence-electron chi connectivity index (χ2n) is 4.87. The Balaban J connectivity index is 2.36.